The van der Waals surface area contributed by atoms with Gasteiger partial charge in [-0.25, -0.2) is 4.99 Å². The number of ether oxygens (including phenoxy) is 1. The van der Waals surface area contributed by atoms with Crippen molar-refractivity contribution in [1.29, 1.82) is 0 Å². The molecule has 1 N–H and O–H groups in total. The predicted molar refractivity (Wildman–Crippen MR) is 101 cm³/mol. The molecule has 126 valence electrons. The second-order valence-electron chi connectivity index (χ2n) is 6.97. The van der Waals surface area contributed by atoms with Gasteiger partial charge < -0.3 is 10.1 Å². The number of hydrogen-bond acceptors (Lipinski definition) is 3. The molecule has 0 unspecified atom stereocenters. The number of nitrogens with one attached hydrogen (secondary N) is 1. The van der Waals surface area contributed by atoms with Crippen molar-refractivity contribution in [1.82, 2.24) is 0 Å². The molecular formula is C21H26N2O. The van der Waals surface area contributed by atoms with Crippen LogP contribution in [0.2, 0.25) is 0 Å². The van der Waals surface area contributed by atoms with Crippen LogP contribution in [0.4, 0.5) is 11.4 Å². The van der Waals surface area contributed by atoms with Crippen molar-refractivity contribution in [2.75, 3.05) is 11.9 Å². The van der Waals surface area contributed by atoms with Crippen molar-refractivity contribution in [2.24, 2.45) is 10.9 Å². The number of para-hydroxylation sites is 2. The summed E-state index contributed by atoms with van der Waals surface area (Å²) in [6.07, 6.45) is 1.07. The van der Waals surface area contributed by atoms with Crippen LogP contribution in [0, 0.1) is 19.8 Å². The van der Waals surface area contributed by atoms with Gasteiger partial charge in [-0.05, 0) is 49.4 Å². The molecule has 1 atom stereocenters. The number of aryl methyl sites for hydroxylation is 2. The highest BCUT2D eigenvalue weighted by Gasteiger charge is 2.22. The maximum absolute atomic E-state index is 5.90. The zero-order chi connectivity index (χ0) is 17.1. The third kappa shape index (κ3) is 3.61. The average molecular weight is 322 g/mol. The maximum Gasteiger partial charge on any atom is 0.218 e. The van der Waals surface area contributed by atoms with Crippen molar-refractivity contribution in [3.8, 4) is 0 Å². The van der Waals surface area contributed by atoms with Crippen molar-refractivity contribution >= 4 is 17.3 Å². The fourth-order valence-corrected chi connectivity index (χ4v) is 3.15. The van der Waals surface area contributed by atoms with Crippen LogP contribution >= 0.6 is 0 Å². The van der Waals surface area contributed by atoms with E-state index in [2.05, 4.69) is 63.3 Å². The third-order valence-electron chi connectivity index (χ3n) is 4.35. The van der Waals surface area contributed by atoms with Gasteiger partial charge in [-0.15, -0.1) is 0 Å². The molecule has 0 aliphatic carbocycles. The van der Waals surface area contributed by atoms with Gasteiger partial charge in [0.15, 0.2) is 0 Å². The van der Waals surface area contributed by atoms with Crippen LogP contribution in [-0.2, 0) is 4.74 Å². The van der Waals surface area contributed by atoms with E-state index >= 15 is 0 Å². The summed E-state index contributed by atoms with van der Waals surface area (Å²) in [6.45, 7) is 9.39. The molecule has 0 radical (unpaired) electrons. The zero-order valence-electron chi connectivity index (χ0n) is 15.0. The Morgan fingerprint density at radius 2 is 1.79 bits per heavy atom. The molecule has 0 saturated carbocycles. The Kier molecular flexibility index (Phi) is 4.89. The Labute approximate surface area is 144 Å². The van der Waals surface area contributed by atoms with E-state index in [-0.39, 0.29) is 6.04 Å². The summed E-state index contributed by atoms with van der Waals surface area (Å²) >= 11 is 0. The summed E-state index contributed by atoms with van der Waals surface area (Å²) in [6, 6.07) is 14.8. The van der Waals surface area contributed by atoms with Gasteiger partial charge in [0, 0.05) is 5.69 Å². The molecule has 0 saturated heterocycles. The summed E-state index contributed by atoms with van der Waals surface area (Å²) < 4.78 is 5.90. The molecule has 24 heavy (non-hydrogen) atoms. The first-order valence-corrected chi connectivity index (χ1v) is 8.68. The van der Waals surface area contributed by atoms with E-state index in [1.807, 2.05) is 12.1 Å². The minimum Gasteiger partial charge on any atom is -0.475 e. The molecule has 3 nitrogen and oxygen atoms in total. The monoisotopic (exact) mass is 322 g/mol. The summed E-state index contributed by atoms with van der Waals surface area (Å²) in [4.78, 5) is 4.80. The van der Waals surface area contributed by atoms with Crippen molar-refractivity contribution in [2.45, 2.75) is 40.2 Å². The van der Waals surface area contributed by atoms with E-state index in [1.165, 1.54) is 11.1 Å². The fourth-order valence-electron chi connectivity index (χ4n) is 3.15. The molecule has 3 heteroatoms. The van der Waals surface area contributed by atoms with Crippen LogP contribution in [0.25, 0.3) is 0 Å². The first-order valence-electron chi connectivity index (χ1n) is 8.68. The lowest BCUT2D eigenvalue weighted by Gasteiger charge is -2.15. The molecule has 0 amide bonds. The molecule has 3 rings (SSSR count). The fraction of sp³-hybridized carbons (Fsp3) is 0.381. The van der Waals surface area contributed by atoms with Crippen LogP contribution in [0.15, 0.2) is 47.5 Å². The van der Waals surface area contributed by atoms with Gasteiger partial charge in [-0.3, -0.25) is 0 Å². The van der Waals surface area contributed by atoms with Crippen molar-refractivity contribution < 1.29 is 4.74 Å². The molecule has 1 aliphatic heterocycles. The van der Waals surface area contributed by atoms with Gasteiger partial charge >= 0.3 is 0 Å². The Hall–Kier alpha value is -2.29. The van der Waals surface area contributed by atoms with E-state index in [4.69, 9.17) is 9.73 Å². The first-order chi connectivity index (χ1) is 11.5. The molecule has 0 aromatic heterocycles. The molecule has 0 bridgehead atoms. The van der Waals surface area contributed by atoms with Gasteiger partial charge in [0.05, 0.1) is 17.3 Å². The Morgan fingerprint density at radius 1 is 1.08 bits per heavy atom. The Morgan fingerprint density at radius 3 is 2.50 bits per heavy atom. The van der Waals surface area contributed by atoms with E-state index < -0.39 is 0 Å². The van der Waals surface area contributed by atoms with Crippen molar-refractivity contribution in [3.05, 3.63) is 59.2 Å². The van der Waals surface area contributed by atoms with Gasteiger partial charge in [-0.2, -0.15) is 0 Å². The highest BCUT2D eigenvalue weighted by atomic mass is 16.5. The third-order valence-corrected chi connectivity index (χ3v) is 4.35. The van der Waals surface area contributed by atoms with E-state index in [0.29, 0.717) is 12.5 Å². The Balaban J connectivity index is 1.89. The normalized spacial score (nSPS) is 16.9. The average Bonchev–Trinajstić information content (AvgIpc) is 2.99. The van der Waals surface area contributed by atoms with Crippen LogP contribution in [0.1, 0.15) is 37.0 Å². The number of nitrogens with zero attached hydrogens (tertiary/aromatic N) is 1. The lowest BCUT2D eigenvalue weighted by Crippen LogP contribution is -2.09. The molecule has 2 aromatic rings. The van der Waals surface area contributed by atoms with Gasteiger partial charge in [0.2, 0.25) is 5.90 Å². The number of rotatable bonds is 5. The maximum atomic E-state index is 5.90. The number of hydrogen-bond donors (Lipinski definition) is 1. The molecule has 2 aromatic carbocycles. The molecule has 0 spiro atoms. The summed E-state index contributed by atoms with van der Waals surface area (Å²) in [5.41, 5.74) is 5.70. The predicted octanol–water partition coefficient (Wildman–Crippen LogP) is 5.24. The SMILES string of the molecule is Cc1cccc(C)c1Nc1ccccc1C1=N[C@H](CC(C)C)CO1. The lowest BCUT2D eigenvalue weighted by molar-refractivity contribution is 0.301. The summed E-state index contributed by atoms with van der Waals surface area (Å²) in [5, 5.41) is 3.58. The smallest absolute Gasteiger partial charge is 0.218 e. The van der Waals surface area contributed by atoms with Crippen molar-refractivity contribution in [3.63, 3.8) is 0 Å². The Bertz CT molecular complexity index is 729. The van der Waals surface area contributed by atoms with Gasteiger partial charge in [0.1, 0.15) is 6.61 Å². The van der Waals surface area contributed by atoms with Crippen LogP contribution < -0.4 is 5.32 Å². The number of aliphatic imine (C=N–C) groups is 1. The number of benzene rings is 2. The number of anilines is 2. The minimum absolute atomic E-state index is 0.272. The first kappa shape index (κ1) is 16.6. The van der Waals surface area contributed by atoms with Crippen LogP contribution in [0.5, 0.6) is 0 Å². The zero-order valence-corrected chi connectivity index (χ0v) is 15.0. The van der Waals surface area contributed by atoms with E-state index in [9.17, 15) is 0 Å². The van der Waals surface area contributed by atoms with Gasteiger partial charge in [-0.1, -0.05) is 44.2 Å². The summed E-state index contributed by atoms with van der Waals surface area (Å²) in [5.74, 6) is 1.39. The molecule has 1 heterocycles. The van der Waals surface area contributed by atoms with Gasteiger partial charge in [0.25, 0.3) is 0 Å². The second-order valence-corrected chi connectivity index (χ2v) is 6.97. The minimum atomic E-state index is 0.272. The van der Waals surface area contributed by atoms with E-state index in [1.54, 1.807) is 0 Å². The lowest BCUT2D eigenvalue weighted by atomic mass is 10.1. The topological polar surface area (TPSA) is 33.6 Å². The quantitative estimate of drug-likeness (QED) is 0.817. The molecule has 1 aliphatic rings. The second kappa shape index (κ2) is 7.08. The van der Waals surface area contributed by atoms with E-state index in [0.717, 1.165) is 29.3 Å². The largest absolute Gasteiger partial charge is 0.475 e. The standard InChI is InChI=1S/C21H26N2O/c1-14(2)12-17-13-24-21(22-17)18-10-5-6-11-19(18)23-20-15(3)8-7-9-16(20)4/h5-11,14,17,23H,12-13H2,1-4H3/t17-/m1/s1. The van der Waals surface area contributed by atoms with Crippen LogP contribution in [-0.4, -0.2) is 18.5 Å². The summed E-state index contributed by atoms with van der Waals surface area (Å²) in [7, 11) is 0. The highest BCUT2D eigenvalue weighted by molar-refractivity contribution is 6.01. The van der Waals surface area contributed by atoms with Crippen LogP contribution in [0.3, 0.4) is 0 Å². The molecule has 0 fully saturated rings. The highest BCUT2D eigenvalue weighted by Crippen LogP contribution is 2.28. The molecular weight excluding hydrogens is 296 g/mol.